The Kier molecular flexibility index (Phi) is 5.19. The van der Waals surface area contributed by atoms with Crippen LogP contribution in [0.5, 0.6) is 5.75 Å². The Morgan fingerprint density at radius 1 is 1.16 bits per heavy atom. The summed E-state index contributed by atoms with van der Waals surface area (Å²) in [4.78, 5) is 12.6. The van der Waals surface area contributed by atoms with Gasteiger partial charge in [0.15, 0.2) is 5.76 Å². The maximum atomic E-state index is 12.6. The number of carbonyl (C=O) groups is 1. The van der Waals surface area contributed by atoms with E-state index in [9.17, 15) is 4.79 Å². The van der Waals surface area contributed by atoms with Crippen LogP contribution in [-0.4, -0.2) is 11.1 Å². The standard InChI is InChI=1S/C19H17BrN2O3/c1-12-18(13(2)25-22-12)21-19(23)15-8-4-6-10-17(15)24-11-14-7-3-5-9-16(14)20/h3-10H,11H2,1-2H3,(H,21,23). The molecule has 0 unspecified atom stereocenters. The molecule has 2 aromatic carbocycles. The topological polar surface area (TPSA) is 64.4 Å². The number of hydrogen-bond acceptors (Lipinski definition) is 4. The van der Waals surface area contributed by atoms with Crippen molar-refractivity contribution in [2.24, 2.45) is 0 Å². The molecule has 6 heteroatoms. The Balaban J connectivity index is 1.79. The monoisotopic (exact) mass is 400 g/mol. The maximum Gasteiger partial charge on any atom is 0.259 e. The van der Waals surface area contributed by atoms with Crippen LogP contribution in [0, 0.1) is 13.8 Å². The normalized spacial score (nSPS) is 10.5. The molecule has 0 bridgehead atoms. The summed E-state index contributed by atoms with van der Waals surface area (Å²) in [6.45, 7) is 3.89. The fourth-order valence-corrected chi connectivity index (χ4v) is 2.79. The summed E-state index contributed by atoms with van der Waals surface area (Å²) in [5.41, 5.74) is 2.68. The van der Waals surface area contributed by atoms with Gasteiger partial charge in [0, 0.05) is 10.0 Å². The first kappa shape index (κ1) is 17.2. The van der Waals surface area contributed by atoms with Gasteiger partial charge in [0.1, 0.15) is 23.7 Å². The van der Waals surface area contributed by atoms with Gasteiger partial charge in [-0.25, -0.2) is 0 Å². The minimum absolute atomic E-state index is 0.267. The smallest absolute Gasteiger partial charge is 0.259 e. The van der Waals surface area contributed by atoms with Gasteiger partial charge < -0.3 is 14.6 Å². The zero-order chi connectivity index (χ0) is 17.8. The molecule has 0 aliphatic carbocycles. The average molecular weight is 401 g/mol. The van der Waals surface area contributed by atoms with E-state index in [0.29, 0.717) is 35.1 Å². The molecule has 128 valence electrons. The van der Waals surface area contributed by atoms with E-state index in [1.807, 2.05) is 30.3 Å². The number of halogens is 1. The molecule has 0 saturated heterocycles. The summed E-state index contributed by atoms with van der Waals surface area (Å²) in [5.74, 6) is 0.817. The van der Waals surface area contributed by atoms with Crippen LogP contribution in [0.25, 0.3) is 0 Å². The lowest BCUT2D eigenvalue weighted by Crippen LogP contribution is -2.14. The van der Waals surface area contributed by atoms with Crippen molar-refractivity contribution in [3.8, 4) is 5.75 Å². The molecule has 3 rings (SSSR count). The molecular formula is C19H17BrN2O3. The summed E-state index contributed by atoms with van der Waals surface area (Å²) in [7, 11) is 0. The molecule has 25 heavy (non-hydrogen) atoms. The number of aromatic nitrogens is 1. The van der Waals surface area contributed by atoms with Gasteiger partial charge in [-0.2, -0.15) is 0 Å². The first-order valence-electron chi connectivity index (χ1n) is 7.75. The van der Waals surface area contributed by atoms with Crippen molar-refractivity contribution < 1.29 is 14.1 Å². The zero-order valence-electron chi connectivity index (χ0n) is 13.9. The number of nitrogens with zero attached hydrogens (tertiary/aromatic N) is 1. The van der Waals surface area contributed by atoms with Crippen molar-refractivity contribution in [2.45, 2.75) is 20.5 Å². The molecule has 5 nitrogen and oxygen atoms in total. The maximum absolute atomic E-state index is 12.6. The fraction of sp³-hybridized carbons (Fsp3) is 0.158. The van der Waals surface area contributed by atoms with Crippen molar-refractivity contribution in [1.82, 2.24) is 5.16 Å². The Labute approximate surface area is 154 Å². The Morgan fingerprint density at radius 2 is 1.88 bits per heavy atom. The molecule has 1 aromatic heterocycles. The summed E-state index contributed by atoms with van der Waals surface area (Å²) in [6.07, 6.45) is 0. The van der Waals surface area contributed by atoms with Crippen LogP contribution in [0.2, 0.25) is 0 Å². The minimum atomic E-state index is -0.267. The molecule has 0 saturated carbocycles. The van der Waals surface area contributed by atoms with Gasteiger partial charge in [-0.15, -0.1) is 0 Å². The van der Waals surface area contributed by atoms with E-state index < -0.39 is 0 Å². The highest BCUT2D eigenvalue weighted by Gasteiger charge is 2.17. The number of para-hydroxylation sites is 1. The third-order valence-electron chi connectivity index (χ3n) is 3.74. The van der Waals surface area contributed by atoms with Crippen LogP contribution < -0.4 is 10.1 Å². The summed E-state index contributed by atoms with van der Waals surface area (Å²) in [6, 6.07) is 14.9. The highest BCUT2D eigenvalue weighted by Crippen LogP contribution is 2.25. The van der Waals surface area contributed by atoms with Crippen LogP contribution >= 0.6 is 15.9 Å². The molecule has 0 radical (unpaired) electrons. The van der Waals surface area contributed by atoms with Gasteiger partial charge in [-0.1, -0.05) is 51.4 Å². The molecular weight excluding hydrogens is 384 g/mol. The zero-order valence-corrected chi connectivity index (χ0v) is 15.5. The van der Waals surface area contributed by atoms with Gasteiger partial charge in [0.05, 0.1) is 5.56 Å². The van der Waals surface area contributed by atoms with E-state index in [0.717, 1.165) is 10.0 Å². The molecule has 1 heterocycles. The molecule has 1 N–H and O–H groups in total. The third kappa shape index (κ3) is 3.91. The highest BCUT2D eigenvalue weighted by atomic mass is 79.9. The lowest BCUT2D eigenvalue weighted by atomic mass is 10.1. The van der Waals surface area contributed by atoms with E-state index in [4.69, 9.17) is 9.26 Å². The molecule has 0 fully saturated rings. The first-order valence-corrected chi connectivity index (χ1v) is 8.55. The number of anilines is 1. The number of amides is 1. The van der Waals surface area contributed by atoms with Crippen LogP contribution in [-0.2, 0) is 6.61 Å². The van der Waals surface area contributed by atoms with Crippen LogP contribution in [0.15, 0.2) is 57.5 Å². The lowest BCUT2D eigenvalue weighted by molar-refractivity contribution is 0.102. The highest BCUT2D eigenvalue weighted by molar-refractivity contribution is 9.10. The second kappa shape index (κ2) is 7.53. The number of nitrogens with one attached hydrogen (secondary N) is 1. The van der Waals surface area contributed by atoms with Crippen LogP contribution in [0.3, 0.4) is 0 Å². The minimum Gasteiger partial charge on any atom is -0.488 e. The predicted octanol–water partition coefficient (Wildman–Crippen LogP) is 4.89. The third-order valence-corrected chi connectivity index (χ3v) is 4.52. The van der Waals surface area contributed by atoms with E-state index in [1.165, 1.54) is 0 Å². The Morgan fingerprint density at radius 3 is 2.60 bits per heavy atom. The number of benzene rings is 2. The largest absolute Gasteiger partial charge is 0.488 e. The van der Waals surface area contributed by atoms with E-state index >= 15 is 0 Å². The SMILES string of the molecule is Cc1noc(C)c1NC(=O)c1ccccc1OCc1ccccc1Br. The molecule has 1 amide bonds. The van der Waals surface area contributed by atoms with Gasteiger partial charge in [0.2, 0.25) is 0 Å². The number of aryl methyl sites for hydroxylation is 2. The molecule has 0 aliphatic heterocycles. The summed E-state index contributed by atoms with van der Waals surface area (Å²) < 4.78 is 11.9. The molecule has 0 spiro atoms. The van der Waals surface area contributed by atoms with Gasteiger partial charge in [-0.05, 0) is 32.0 Å². The van der Waals surface area contributed by atoms with E-state index in [-0.39, 0.29) is 5.91 Å². The average Bonchev–Trinajstić information content (AvgIpc) is 2.93. The van der Waals surface area contributed by atoms with E-state index in [2.05, 4.69) is 26.4 Å². The quantitative estimate of drug-likeness (QED) is 0.662. The van der Waals surface area contributed by atoms with Crippen molar-refractivity contribution in [1.29, 1.82) is 0 Å². The van der Waals surface area contributed by atoms with E-state index in [1.54, 1.807) is 32.0 Å². The second-order valence-corrected chi connectivity index (χ2v) is 6.38. The first-order chi connectivity index (χ1) is 12.1. The molecule has 3 aromatic rings. The number of carbonyl (C=O) groups excluding carboxylic acids is 1. The number of hydrogen-bond donors (Lipinski definition) is 1. The summed E-state index contributed by atoms with van der Waals surface area (Å²) in [5, 5.41) is 6.69. The van der Waals surface area contributed by atoms with Gasteiger partial charge in [0.25, 0.3) is 5.91 Å². The van der Waals surface area contributed by atoms with Gasteiger partial charge >= 0.3 is 0 Å². The second-order valence-electron chi connectivity index (χ2n) is 5.53. The van der Waals surface area contributed by atoms with Crippen LogP contribution in [0.1, 0.15) is 27.4 Å². The van der Waals surface area contributed by atoms with Crippen molar-refractivity contribution in [2.75, 3.05) is 5.32 Å². The number of ether oxygens (including phenoxy) is 1. The van der Waals surface area contributed by atoms with Gasteiger partial charge in [-0.3, -0.25) is 4.79 Å². The van der Waals surface area contributed by atoms with Crippen molar-refractivity contribution >= 4 is 27.5 Å². The fourth-order valence-electron chi connectivity index (χ4n) is 2.39. The summed E-state index contributed by atoms with van der Waals surface area (Å²) >= 11 is 3.50. The van der Waals surface area contributed by atoms with Crippen molar-refractivity contribution in [3.05, 3.63) is 75.6 Å². The predicted molar refractivity (Wildman–Crippen MR) is 98.8 cm³/mol. The number of rotatable bonds is 5. The van der Waals surface area contributed by atoms with Crippen molar-refractivity contribution in [3.63, 3.8) is 0 Å². The Hall–Kier alpha value is -2.60. The van der Waals surface area contributed by atoms with Crippen LogP contribution in [0.4, 0.5) is 5.69 Å². The molecule has 0 atom stereocenters. The lowest BCUT2D eigenvalue weighted by Gasteiger charge is -2.12. The molecule has 0 aliphatic rings. The Bertz CT molecular complexity index is 886.